The van der Waals surface area contributed by atoms with Gasteiger partial charge in [-0.3, -0.25) is 0 Å². The van der Waals surface area contributed by atoms with Crippen molar-refractivity contribution in [1.29, 1.82) is 0 Å². The normalized spacial score (nSPS) is 18.3. The Morgan fingerprint density at radius 2 is 0.833 bits per heavy atom. The van der Waals surface area contributed by atoms with Gasteiger partial charge in [-0.1, -0.05) is 0 Å². The summed E-state index contributed by atoms with van der Waals surface area (Å²) < 4.78 is 0. The van der Waals surface area contributed by atoms with Gasteiger partial charge in [-0.25, -0.2) is 0 Å². The van der Waals surface area contributed by atoms with Gasteiger partial charge >= 0.3 is 0 Å². The summed E-state index contributed by atoms with van der Waals surface area (Å²) in [6.07, 6.45) is 0.658. The molecule has 4 atom stereocenters. The third-order valence-electron chi connectivity index (χ3n) is 3.65. The van der Waals surface area contributed by atoms with E-state index in [1.54, 1.807) is 0 Å². The molecule has 6 heteroatoms. The topological polar surface area (TPSA) is 121 Å². The summed E-state index contributed by atoms with van der Waals surface area (Å²) >= 11 is 0. The van der Waals surface area contributed by atoms with Crippen LogP contribution in [0.1, 0.15) is 12.8 Å². The molecule has 0 bridgehead atoms. The van der Waals surface area contributed by atoms with Crippen LogP contribution in [0.3, 0.4) is 0 Å². The molecule has 110 valence electrons. The Labute approximate surface area is 108 Å². The highest BCUT2D eigenvalue weighted by Crippen LogP contribution is 2.30. The van der Waals surface area contributed by atoms with Gasteiger partial charge in [0.15, 0.2) is 0 Å². The van der Waals surface area contributed by atoms with Crippen LogP contribution >= 0.6 is 0 Å². The first kappa shape index (κ1) is 17.8. The minimum absolute atomic E-state index is 0.107. The molecule has 0 aromatic heterocycles. The predicted octanol–water partition coefficient (Wildman–Crippen LogP) is -1.81. The van der Waals surface area contributed by atoms with E-state index < -0.39 is 11.8 Å². The lowest BCUT2D eigenvalue weighted by molar-refractivity contribution is -0.00459. The van der Waals surface area contributed by atoms with Crippen molar-refractivity contribution < 1.29 is 30.6 Å². The standard InChI is InChI=1S/C12H26O6/c13-3-1-9(5-15)11(7-17)12(8-18)10(6-16)2-4-14/h9-18H,1-8H2. The van der Waals surface area contributed by atoms with E-state index >= 15 is 0 Å². The van der Waals surface area contributed by atoms with Gasteiger partial charge in [0.25, 0.3) is 0 Å². The fraction of sp³-hybridized carbons (Fsp3) is 1.00. The third kappa shape index (κ3) is 5.17. The number of hydrogen-bond donors (Lipinski definition) is 6. The Hall–Kier alpha value is -0.240. The van der Waals surface area contributed by atoms with Crippen molar-refractivity contribution in [3.05, 3.63) is 0 Å². The van der Waals surface area contributed by atoms with Gasteiger partial charge in [-0.15, -0.1) is 0 Å². The lowest BCUT2D eigenvalue weighted by atomic mass is 9.74. The van der Waals surface area contributed by atoms with Crippen molar-refractivity contribution in [3.8, 4) is 0 Å². The first-order chi connectivity index (χ1) is 8.69. The third-order valence-corrected chi connectivity index (χ3v) is 3.65. The minimum Gasteiger partial charge on any atom is -0.396 e. The molecule has 0 radical (unpaired) electrons. The monoisotopic (exact) mass is 266 g/mol. The number of hydrogen-bond acceptors (Lipinski definition) is 6. The number of aliphatic hydroxyl groups is 6. The number of aliphatic hydroxyl groups excluding tert-OH is 6. The van der Waals surface area contributed by atoms with Gasteiger partial charge in [0, 0.05) is 39.6 Å². The highest BCUT2D eigenvalue weighted by atomic mass is 16.3. The summed E-state index contributed by atoms with van der Waals surface area (Å²) in [6, 6.07) is 0. The molecule has 0 saturated carbocycles. The molecule has 0 aromatic carbocycles. The average molecular weight is 266 g/mol. The zero-order chi connectivity index (χ0) is 14.0. The first-order valence-corrected chi connectivity index (χ1v) is 6.35. The molecule has 0 aliphatic carbocycles. The zero-order valence-corrected chi connectivity index (χ0v) is 10.6. The van der Waals surface area contributed by atoms with Crippen molar-refractivity contribution in [3.63, 3.8) is 0 Å². The Balaban J connectivity index is 4.81. The van der Waals surface area contributed by atoms with Crippen molar-refractivity contribution in [2.45, 2.75) is 12.8 Å². The van der Waals surface area contributed by atoms with Crippen molar-refractivity contribution in [2.24, 2.45) is 23.7 Å². The Morgan fingerprint density at radius 1 is 0.500 bits per heavy atom. The van der Waals surface area contributed by atoms with E-state index in [9.17, 15) is 20.4 Å². The fourth-order valence-electron chi connectivity index (χ4n) is 2.48. The molecular formula is C12H26O6. The van der Waals surface area contributed by atoms with Gasteiger partial charge < -0.3 is 30.6 Å². The summed E-state index contributed by atoms with van der Waals surface area (Å²) in [5, 5.41) is 55.2. The molecular weight excluding hydrogens is 240 g/mol. The van der Waals surface area contributed by atoms with Gasteiger partial charge in [0.2, 0.25) is 0 Å². The summed E-state index contributed by atoms with van der Waals surface area (Å²) in [5.74, 6) is -1.47. The molecule has 0 heterocycles. The van der Waals surface area contributed by atoms with E-state index in [1.807, 2.05) is 0 Å². The molecule has 18 heavy (non-hydrogen) atoms. The molecule has 0 aliphatic rings. The van der Waals surface area contributed by atoms with Gasteiger partial charge in [-0.05, 0) is 36.5 Å². The van der Waals surface area contributed by atoms with E-state index in [2.05, 4.69) is 0 Å². The van der Waals surface area contributed by atoms with E-state index in [-0.39, 0.29) is 51.5 Å². The molecule has 4 unspecified atom stereocenters. The van der Waals surface area contributed by atoms with Crippen LogP contribution in [-0.4, -0.2) is 70.3 Å². The predicted molar refractivity (Wildman–Crippen MR) is 65.7 cm³/mol. The van der Waals surface area contributed by atoms with E-state index in [0.717, 1.165) is 0 Å². The average Bonchev–Trinajstić information content (AvgIpc) is 2.40. The Bertz CT molecular complexity index is 169. The van der Waals surface area contributed by atoms with Crippen molar-refractivity contribution >= 4 is 0 Å². The van der Waals surface area contributed by atoms with Crippen molar-refractivity contribution in [1.82, 2.24) is 0 Å². The molecule has 6 nitrogen and oxygen atoms in total. The molecule has 0 spiro atoms. The van der Waals surface area contributed by atoms with Crippen LogP contribution in [0, 0.1) is 23.7 Å². The highest BCUT2D eigenvalue weighted by molar-refractivity contribution is 4.81. The van der Waals surface area contributed by atoms with Crippen molar-refractivity contribution in [2.75, 3.05) is 39.6 Å². The van der Waals surface area contributed by atoms with E-state index in [1.165, 1.54) is 0 Å². The number of rotatable bonds is 11. The van der Waals surface area contributed by atoms with Crippen LogP contribution in [0.4, 0.5) is 0 Å². The van der Waals surface area contributed by atoms with E-state index in [0.29, 0.717) is 12.8 Å². The second-order valence-electron chi connectivity index (χ2n) is 4.60. The Morgan fingerprint density at radius 3 is 1.00 bits per heavy atom. The fourth-order valence-corrected chi connectivity index (χ4v) is 2.48. The summed E-state index contributed by atoms with van der Waals surface area (Å²) in [4.78, 5) is 0. The smallest absolute Gasteiger partial charge is 0.0466 e. The first-order valence-electron chi connectivity index (χ1n) is 6.35. The van der Waals surface area contributed by atoms with Crippen LogP contribution in [0.25, 0.3) is 0 Å². The largest absolute Gasteiger partial charge is 0.396 e. The lowest BCUT2D eigenvalue weighted by Gasteiger charge is -2.34. The van der Waals surface area contributed by atoms with Crippen LogP contribution in [0.2, 0.25) is 0 Å². The van der Waals surface area contributed by atoms with Crippen LogP contribution < -0.4 is 0 Å². The summed E-state index contributed by atoms with van der Waals surface area (Å²) in [5.41, 5.74) is 0. The molecule has 0 amide bonds. The second kappa shape index (κ2) is 10.7. The van der Waals surface area contributed by atoms with Gasteiger partial charge in [0.1, 0.15) is 0 Å². The van der Waals surface area contributed by atoms with E-state index in [4.69, 9.17) is 10.2 Å². The Kier molecular flexibility index (Phi) is 10.5. The zero-order valence-electron chi connectivity index (χ0n) is 10.6. The highest BCUT2D eigenvalue weighted by Gasteiger charge is 2.33. The maximum Gasteiger partial charge on any atom is 0.0466 e. The molecule has 0 aliphatic heterocycles. The molecule has 0 rings (SSSR count). The molecule has 0 aromatic rings. The maximum absolute atomic E-state index is 9.42. The van der Waals surface area contributed by atoms with Crippen LogP contribution in [0.15, 0.2) is 0 Å². The van der Waals surface area contributed by atoms with Gasteiger partial charge in [0.05, 0.1) is 0 Å². The summed E-state index contributed by atoms with van der Waals surface area (Å²) in [7, 11) is 0. The molecule has 0 fully saturated rings. The van der Waals surface area contributed by atoms with Gasteiger partial charge in [-0.2, -0.15) is 0 Å². The van der Waals surface area contributed by atoms with Crippen LogP contribution in [0.5, 0.6) is 0 Å². The lowest BCUT2D eigenvalue weighted by Crippen LogP contribution is -2.38. The minimum atomic E-state index is -0.407. The molecule has 6 N–H and O–H groups in total. The summed E-state index contributed by atoms with van der Waals surface area (Å²) in [6.45, 7) is -1.08. The van der Waals surface area contributed by atoms with Crippen LogP contribution in [-0.2, 0) is 0 Å². The second-order valence-corrected chi connectivity index (χ2v) is 4.60. The SMILES string of the molecule is OCCC(CO)C(CO)C(CO)C(CO)CCO. The maximum atomic E-state index is 9.42. The molecule has 0 saturated heterocycles. The quantitative estimate of drug-likeness (QED) is 0.262.